The second-order valence-corrected chi connectivity index (χ2v) is 6.38. The molecular formula is C18H25N3O4. The van der Waals surface area contributed by atoms with Crippen LogP contribution in [0.3, 0.4) is 0 Å². The molecule has 2 amide bonds. The zero-order chi connectivity index (χ0) is 17.6. The first-order valence-electron chi connectivity index (χ1n) is 8.85. The molecule has 7 heteroatoms. The lowest BCUT2D eigenvalue weighted by molar-refractivity contribution is -0.126. The van der Waals surface area contributed by atoms with E-state index in [0.717, 1.165) is 19.3 Å². The molecule has 0 spiro atoms. The van der Waals surface area contributed by atoms with E-state index >= 15 is 0 Å². The van der Waals surface area contributed by atoms with Crippen LogP contribution >= 0.6 is 0 Å². The van der Waals surface area contributed by atoms with Gasteiger partial charge >= 0.3 is 0 Å². The third kappa shape index (κ3) is 4.22. The fourth-order valence-corrected chi connectivity index (χ4v) is 3.19. The molecule has 2 heterocycles. The molecule has 1 atom stereocenters. The van der Waals surface area contributed by atoms with Gasteiger partial charge in [-0.3, -0.25) is 9.59 Å². The molecule has 1 aromatic rings. The van der Waals surface area contributed by atoms with Crippen LogP contribution in [0.5, 0.6) is 11.5 Å². The summed E-state index contributed by atoms with van der Waals surface area (Å²) < 4.78 is 11.3. The summed E-state index contributed by atoms with van der Waals surface area (Å²) in [7, 11) is 0. The second-order valence-electron chi connectivity index (χ2n) is 6.38. The van der Waals surface area contributed by atoms with Gasteiger partial charge < -0.3 is 25.4 Å². The minimum atomic E-state index is -0.176. The molecule has 2 aliphatic heterocycles. The first-order chi connectivity index (χ1) is 12.2. The van der Waals surface area contributed by atoms with Crippen molar-refractivity contribution in [3.8, 4) is 11.5 Å². The molecule has 136 valence electrons. The Morgan fingerprint density at radius 3 is 2.80 bits per heavy atom. The molecule has 3 N–H and O–H groups in total. The van der Waals surface area contributed by atoms with Crippen LogP contribution in [-0.2, 0) is 4.79 Å². The van der Waals surface area contributed by atoms with E-state index in [9.17, 15) is 9.59 Å². The van der Waals surface area contributed by atoms with Crippen molar-refractivity contribution in [1.82, 2.24) is 10.2 Å². The largest absolute Gasteiger partial charge is 0.490 e. The summed E-state index contributed by atoms with van der Waals surface area (Å²) in [6.45, 7) is 3.17. The normalized spacial score (nSPS) is 19.9. The Kier molecular flexibility index (Phi) is 5.75. The molecule has 1 fully saturated rings. The average molecular weight is 347 g/mol. The molecule has 1 aromatic carbocycles. The standard InChI is InChI=1S/C18H25N3O4/c19-6-7-20-17(22)14-3-1-8-21(12-14)18(23)13-4-5-15-16(11-13)25-10-2-9-24-15/h4-5,11,14H,1-3,6-10,12,19H2,(H,20,22). The smallest absolute Gasteiger partial charge is 0.254 e. The maximum Gasteiger partial charge on any atom is 0.254 e. The lowest BCUT2D eigenvalue weighted by Gasteiger charge is -2.32. The van der Waals surface area contributed by atoms with Gasteiger partial charge in [-0.2, -0.15) is 0 Å². The van der Waals surface area contributed by atoms with Gasteiger partial charge in [0.25, 0.3) is 5.91 Å². The van der Waals surface area contributed by atoms with E-state index in [-0.39, 0.29) is 17.7 Å². The van der Waals surface area contributed by atoms with Crippen LogP contribution in [0.2, 0.25) is 0 Å². The topological polar surface area (TPSA) is 93.9 Å². The molecule has 7 nitrogen and oxygen atoms in total. The van der Waals surface area contributed by atoms with E-state index < -0.39 is 0 Å². The molecule has 0 aromatic heterocycles. The number of carbonyl (C=O) groups excluding carboxylic acids is 2. The number of nitrogens with one attached hydrogen (secondary N) is 1. The van der Waals surface area contributed by atoms with Crippen molar-refractivity contribution in [1.29, 1.82) is 0 Å². The van der Waals surface area contributed by atoms with Gasteiger partial charge in [-0.25, -0.2) is 0 Å². The monoisotopic (exact) mass is 347 g/mol. The van der Waals surface area contributed by atoms with E-state index in [0.29, 0.717) is 56.5 Å². The predicted octanol–water partition coefficient (Wildman–Crippen LogP) is 0.775. The van der Waals surface area contributed by atoms with Gasteiger partial charge in [-0.1, -0.05) is 0 Å². The zero-order valence-electron chi connectivity index (χ0n) is 14.3. The molecule has 0 aliphatic carbocycles. The summed E-state index contributed by atoms with van der Waals surface area (Å²) >= 11 is 0. The van der Waals surface area contributed by atoms with Gasteiger partial charge in [0.2, 0.25) is 5.91 Å². The fraction of sp³-hybridized carbons (Fsp3) is 0.556. The van der Waals surface area contributed by atoms with Crippen LogP contribution in [0.1, 0.15) is 29.6 Å². The van der Waals surface area contributed by atoms with Crippen molar-refractivity contribution in [3.63, 3.8) is 0 Å². The molecule has 0 bridgehead atoms. The fourth-order valence-electron chi connectivity index (χ4n) is 3.19. The quantitative estimate of drug-likeness (QED) is 0.839. The van der Waals surface area contributed by atoms with Gasteiger partial charge in [0, 0.05) is 38.2 Å². The third-order valence-electron chi connectivity index (χ3n) is 4.52. The van der Waals surface area contributed by atoms with E-state index in [4.69, 9.17) is 15.2 Å². The lowest BCUT2D eigenvalue weighted by Crippen LogP contribution is -2.46. The summed E-state index contributed by atoms with van der Waals surface area (Å²) in [6.07, 6.45) is 2.43. The number of benzene rings is 1. The molecule has 1 saturated heterocycles. The van der Waals surface area contributed by atoms with Crippen molar-refractivity contribution in [2.75, 3.05) is 39.4 Å². The van der Waals surface area contributed by atoms with Crippen molar-refractivity contribution >= 4 is 11.8 Å². The Balaban J connectivity index is 1.68. The van der Waals surface area contributed by atoms with E-state index in [1.165, 1.54) is 0 Å². The summed E-state index contributed by atoms with van der Waals surface area (Å²) in [5.74, 6) is 1.00. The number of likely N-dealkylation sites (tertiary alicyclic amines) is 1. The summed E-state index contributed by atoms with van der Waals surface area (Å²) in [6, 6.07) is 5.28. The van der Waals surface area contributed by atoms with Gasteiger partial charge in [-0.05, 0) is 31.0 Å². The van der Waals surface area contributed by atoms with Gasteiger partial charge in [0.15, 0.2) is 11.5 Å². The number of rotatable bonds is 4. The molecule has 2 aliphatic rings. The number of amides is 2. The Bertz CT molecular complexity index is 635. The minimum Gasteiger partial charge on any atom is -0.490 e. The minimum absolute atomic E-state index is 0.0263. The number of piperidine rings is 1. The average Bonchev–Trinajstić information content (AvgIpc) is 2.90. The van der Waals surface area contributed by atoms with Crippen LogP contribution in [0.15, 0.2) is 18.2 Å². The zero-order valence-corrected chi connectivity index (χ0v) is 14.3. The van der Waals surface area contributed by atoms with Crippen LogP contribution < -0.4 is 20.5 Å². The van der Waals surface area contributed by atoms with Crippen molar-refractivity contribution < 1.29 is 19.1 Å². The van der Waals surface area contributed by atoms with E-state index in [2.05, 4.69) is 5.32 Å². The molecule has 3 rings (SSSR count). The predicted molar refractivity (Wildman–Crippen MR) is 92.7 cm³/mol. The Morgan fingerprint density at radius 1 is 1.20 bits per heavy atom. The van der Waals surface area contributed by atoms with Gasteiger partial charge in [-0.15, -0.1) is 0 Å². The molecule has 1 unspecified atom stereocenters. The first kappa shape index (κ1) is 17.5. The van der Waals surface area contributed by atoms with Crippen LogP contribution in [-0.4, -0.2) is 56.1 Å². The maximum atomic E-state index is 12.8. The van der Waals surface area contributed by atoms with Gasteiger partial charge in [0.05, 0.1) is 19.1 Å². The lowest BCUT2D eigenvalue weighted by atomic mass is 9.96. The van der Waals surface area contributed by atoms with Crippen molar-refractivity contribution in [3.05, 3.63) is 23.8 Å². The van der Waals surface area contributed by atoms with Crippen molar-refractivity contribution in [2.45, 2.75) is 19.3 Å². The highest BCUT2D eigenvalue weighted by Gasteiger charge is 2.29. The first-order valence-corrected chi connectivity index (χ1v) is 8.85. The summed E-state index contributed by atoms with van der Waals surface area (Å²) in [5.41, 5.74) is 5.99. The number of nitrogens with two attached hydrogens (primary N) is 1. The molecule has 25 heavy (non-hydrogen) atoms. The Morgan fingerprint density at radius 2 is 2.00 bits per heavy atom. The second kappa shape index (κ2) is 8.20. The number of carbonyl (C=O) groups is 2. The molecule has 0 radical (unpaired) electrons. The Hall–Kier alpha value is -2.28. The van der Waals surface area contributed by atoms with Crippen LogP contribution in [0.25, 0.3) is 0 Å². The summed E-state index contributed by atoms with van der Waals surface area (Å²) in [5, 5.41) is 2.81. The third-order valence-corrected chi connectivity index (χ3v) is 4.52. The number of hydrogen-bond acceptors (Lipinski definition) is 5. The highest BCUT2D eigenvalue weighted by Crippen LogP contribution is 2.31. The van der Waals surface area contributed by atoms with E-state index in [1.54, 1.807) is 23.1 Å². The number of hydrogen-bond donors (Lipinski definition) is 2. The van der Waals surface area contributed by atoms with Crippen LogP contribution in [0.4, 0.5) is 0 Å². The van der Waals surface area contributed by atoms with Crippen molar-refractivity contribution in [2.24, 2.45) is 11.7 Å². The summed E-state index contributed by atoms with van der Waals surface area (Å²) in [4.78, 5) is 26.7. The maximum absolute atomic E-state index is 12.8. The molecule has 0 saturated carbocycles. The van der Waals surface area contributed by atoms with E-state index in [1.807, 2.05) is 0 Å². The number of nitrogens with zero attached hydrogens (tertiary/aromatic N) is 1. The highest BCUT2D eigenvalue weighted by molar-refractivity contribution is 5.95. The SMILES string of the molecule is NCCNC(=O)C1CCCN(C(=O)c2ccc3c(c2)OCCCO3)C1. The Labute approximate surface area is 147 Å². The van der Waals surface area contributed by atoms with Crippen LogP contribution in [0, 0.1) is 5.92 Å². The molecular weight excluding hydrogens is 322 g/mol. The van der Waals surface area contributed by atoms with Gasteiger partial charge in [0.1, 0.15) is 0 Å². The number of ether oxygens (including phenoxy) is 2. The highest BCUT2D eigenvalue weighted by atomic mass is 16.5. The number of fused-ring (bicyclic) bond motifs is 1.